The van der Waals surface area contributed by atoms with Gasteiger partial charge in [-0.15, -0.1) is 0 Å². The van der Waals surface area contributed by atoms with E-state index in [0.717, 1.165) is 12.8 Å². The second kappa shape index (κ2) is 5.42. The van der Waals surface area contributed by atoms with Crippen molar-refractivity contribution in [2.24, 2.45) is 11.7 Å². The van der Waals surface area contributed by atoms with Gasteiger partial charge in [0.05, 0.1) is 11.0 Å². The van der Waals surface area contributed by atoms with Crippen LogP contribution in [0, 0.1) is 5.92 Å². The third kappa shape index (κ3) is 3.43. The van der Waals surface area contributed by atoms with Crippen LogP contribution in [0.3, 0.4) is 0 Å². The molecule has 1 rings (SSSR count). The lowest BCUT2D eigenvalue weighted by Gasteiger charge is -2.22. The second-order valence-electron chi connectivity index (χ2n) is 4.13. The zero-order valence-electron chi connectivity index (χ0n) is 9.16. The quantitative estimate of drug-likeness (QED) is 0.694. The number of hydrogen-bond acceptors (Lipinski definition) is 3. The molecule has 3 N–H and O–H groups in total. The van der Waals surface area contributed by atoms with Gasteiger partial charge in [-0.1, -0.05) is 26.1 Å². The van der Waals surface area contributed by atoms with Gasteiger partial charge in [-0.3, -0.25) is 4.79 Å². The highest BCUT2D eigenvalue weighted by Crippen LogP contribution is 2.13. The van der Waals surface area contributed by atoms with Crippen LogP contribution in [0.25, 0.3) is 0 Å². The number of rotatable bonds is 4. The van der Waals surface area contributed by atoms with Gasteiger partial charge in [0.1, 0.15) is 6.10 Å². The molecule has 5 heteroatoms. The van der Waals surface area contributed by atoms with Crippen LogP contribution in [0.5, 0.6) is 0 Å². The first kappa shape index (κ1) is 12.4. The third-order valence-electron chi connectivity index (χ3n) is 2.49. The summed E-state index contributed by atoms with van der Waals surface area (Å²) in [5.74, 6) is 0.104. The van der Waals surface area contributed by atoms with Gasteiger partial charge in [-0.05, 0) is 18.8 Å². The molecule has 1 saturated heterocycles. The van der Waals surface area contributed by atoms with Gasteiger partial charge in [0, 0.05) is 6.61 Å². The number of hydrogen-bond donors (Lipinski definition) is 2. The summed E-state index contributed by atoms with van der Waals surface area (Å²) in [5.41, 5.74) is 5.56. The van der Waals surface area contributed by atoms with Crippen LogP contribution < -0.4 is 11.1 Å². The molecule has 15 heavy (non-hydrogen) atoms. The molecule has 1 amide bonds. The summed E-state index contributed by atoms with van der Waals surface area (Å²) in [4.78, 5) is 12.0. The Hall–Kier alpha value is -0.680. The van der Waals surface area contributed by atoms with Crippen molar-refractivity contribution in [1.82, 2.24) is 5.32 Å². The van der Waals surface area contributed by atoms with E-state index in [4.69, 9.17) is 22.7 Å². The van der Waals surface area contributed by atoms with Gasteiger partial charge in [-0.2, -0.15) is 0 Å². The lowest BCUT2D eigenvalue weighted by molar-refractivity contribution is -0.130. The van der Waals surface area contributed by atoms with E-state index in [0.29, 0.717) is 11.6 Å². The first-order valence-corrected chi connectivity index (χ1v) is 5.64. The zero-order chi connectivity index (χ0) is 11.4. The molecule has 0 aliphatic carbocycles. The normalized spacial score (nSPS) is 22.7. The predicted molar refractivity (Wildman–Crippen MR) is 62.5 cm³/mol. The van der Waals surface area contributed by atoms with Crippen molar-refractivity contribution in [2.45, 2.75) is 38.8 Å². The number of carbonyl (C=O) groups is 1. The van der Waals surface area contributed by atoms with Gasteiger partial charge >= 0.3 is 0 Å². The zero-order valence-corrected chi connectivity index (χ0v) is 9.97. The maximum absolute atomic E-state index is 11.7. The molecule has 1 heterocycles. The van der Waals surface area contributed by atoms with Crippen molar-refractivity contribution in [3.8, 4) is 0 Å². The van der Waals surface area contributed by atoms with Crippen LogP contribution >= 0.6 is 12.2 Å². The first-order valence-electron chi connectivity index (χ1n) is 5.23. The Kier molecular flexibility index (Phi) is 4.47. The van der Waals surface area contributed by atoms with E-state index in [9.17, 15) is 4.79 Å². The fraction of sp³-hybridized carbons (Fsp3) is 0.800. The third-order valence-corrected chi connectivity index (χ3v) is 2.75. The highest BCUT2D eigenvalue weighted by molar-refractivity contribution is 7.80. The number of nitrogens with one attached hydrogen (secondary N) is 1. The molecular weight excluding hydrogens is 212 g/mol. The Morgan fingerprint density at radius 1 is 1.60 bits per heavy atom. The van der Waals surface area contributed by atoms with E-state index in [2.05, 4.69) is 5.32 Å². The molecule has 1 aliphatic heterocycles. The van der Waals surface area contributed by atoms with Crippen LogP contribution in [0.15, 0.2) is 0 Å². The predicted octanol–water partition coefficient (Wildman–Crippen LogP) is 0.592. The van der Waals surface area contributed by atoms with Gasteiger partial charge in [0.15, 0.2) is 0 Å². The molecular formula is C10H18N2O2S. The number of ether oxygens (including phenoxy) is 1. The maximum atomic E-state index is 11.7. The molecule has 0 saturated carbocycles. The summed E-state index contributed by atoms with van der Waals surface area (Å²) in [7, 11) is 0. The number of carbonyl (C=O) groups excluding carboxylic acids is 1. The summed E-state index contributed by atoms with van der Waals surface area (Å²) in [6.45, 7) is 4.61. The van der Waals surface area contributed by atoms with Crippen LogP contribution in [0.4, 0.5) is 0 Å². The molecule has 2 atom stereocenters. The van der Waals surface area contributed by atoms with E-state index in [1.54, 1.807) is 0 Å². The number of thiocarbonyl (C=S) groups is 1. The minimum Gasteiger partial charge on any atom is -0.392 e. The van der Waals surface area contributed by atoms with Crippen LogP contribution in [-0.2, 0) is 9.53 Å². The second-order valence-corrected chi connectivity index (χ2v) is 4.61. The van der Waals surface area contributed by atoms with E-state index >= 15 is 0 Å². The Labute approximate surface area is 95.5 Å². The molecule has 0 bridgehead atoms. The molecule has 0 spiro atoms. The highest BCUT2D eigenvalue weighted by Gasteiger charge is 2.27. The molecule has 0 aromatic heterocycles. The lowest BCUT2D eigenvalue weighted by Crippen LogP contribution is -2.49. The van der Waals surface area contributed by atoms with Gasteiger partial charge in [-0.25, -0.2) is 0 Å². The van der Waals surface area contributed by atoms with E-state index in [1.165, 1.54) is 0 Å². The summed E-state index contributed by atoms with van der Waals surface area (Å²) in [5, 5.41) is 2.83. The standard InChI is InChI=1S/C10H18N2O2S/c1-6(2)8(9(11)15)12-10(13)7-4-3-5-14-7/h6-8H,3-5H2,1-2H3,(H2,11,15)(H,12,13). The Morgan fingerprint density at radius 3 is 2.67 bits per heavy atom. The largest absolute Gasteiger partial charge is 0.392 e. The average molecular weight is 230 g/mol. The molecule has 1 aliphatic rings. The Morgan fingerprint density at radius 2 is 2.27 bits per heavy atom. The average Bonchev–Trinajstić information content (AvgIpc) is 2.65. The summed E-state index contributed by atoms with van der Waals surface area (Å²) >= 11 is 4.91. The highest BCUT2D eigenvalue weighted by atomic mass is 32.1. The Balaban J connectivity index is 2.50. The number of amides is 1. The first-order chi connectivity index (χ1) is 7.02. The molecule has 86 valence electrons. The molecule has 0 radical (unpaired) electrons. The van der Waals surface area contributed by atoms with Crippen molar-refractivity contribution in [3.05, 3.63) is 0 Å². The van der Waals surface area contributed by atoms with Crippen molar-refractivity contribution in [3.63, 3.8) is 0 Å². The molecule has 2 unspecified atom stereocenters. The van der Waals surface area contributed by atoms with E-state index < -0.39 is 0 Å². The monoisotopic (exact) mass is 230 g/mol. The van der Waals surface area contributed by atoms with Crippen molar-refractivity contribution in [2.75, 3.05) is 6.61 Å². The SMILES string of the molecule is CC(C)C(NC(=O)C1CCCO1)C(N)=S. The Bertz CT molecular complexity index is 250. The fourth-order valence-electron chi connectivity index (χ4n) is 1.60. The van der Waals surface area contributed by atoms with E-state index in [-0.39, 0.29) is 24.0 Å². The van der Waals surface area contributed by atoms with Crippen molar-refractivity contribution in [1.29, 1.82) is 0 Å². The molecule has 0 aromatic carbocycles. The van der Waals surface area contributed by atoms with Crippen LogP contribution in [0.1, 0.15) is 26.7 Å². The van der Waals surface area contributed by atoms with E-state index in [1.807, 2.05) is 13.8 Å². The smallest absolute Gasteiger partial charge is 0.249 e. The van der Waals surface area contributed by atoms with Gasteiger partial charge in [0.25, 0.3) is 0 Å². The van der Waals surface area contributed by atoms with Crippen LogP contribution in [-0.4, -0.2) is 29.6 Å². The van der Waals surface area contributed by atoms with Gasteiger partial charge in [0.2, 0.25) is 5.91 Å². The number of nitrogens with two attached hydrogens (primary N) is 1. The summed E-state index contributed by atoms with van der Waals surface area (Å²) in [6, 6.07) is -0.239. The van der Waals surface area contributed by atoms with Crippen molar-refractivity contribution < 1.29 is 9.53 Å². The molecule has 4 nitrogen and oxygen atoms in total. The van der Waals surface area contributed by atoms with Gasteiger partial charge < -0.3 is 15.8 Å². The topological polar surface area (TPSA) is 64.3 Å². The van der Waals surface area contributed by atoms with Crippen molar-refractivity contribution >= 4 is 23.1 Å². The molecule has 0 aromatic rings. The summed E-state index contributed by atoms with van der Waals surface area (Å²) in [6.07, 6.45) is 1.41. The molecule has 1 fully saturated rings. The minimum absolute atomic E-state index is 0.0981. The fourth-order valence-corrected chi connectivity index (χ4v) is 1.93. The lowest BCUT2D eigenvalue weighted by atomic mass is 10.0. The maximum Gasteiger partial charge on any atom is 0.249 e. The summed E-state index contributed by atoms with van der Waals surface area (Å²) < 4.78 is 5.28. The minimum atomic E-state index is -0.319. The van der Waals surface area contributed by atoms with Crippen LogP contribution in [0.2, 0.25) is 0 Å².